The second kappa shape index (κ2) is 8.18. The summed E-state index contributed by atoms with van der Waals surface area (Å²) in [6.45, 7) is 2.49. The predicted molar refractivity (Wildman–Crippen MR) is 116 cm³/mol. The molecule has 1 aromatic carbocycles. The van der Waals surface area contributed by atoms with Gasteiger partial charge in [0.25, 0.3) is 5.91 Å². The Morgan fingerprint density at radius 3 is 2.71 bits per heavy atom. The molecule has 0 radical (unpaired) electrons. The minimum atomic E-state index is -4.73. The smallest absolute Gasteiger partial charge is 0.433 e. The molecule has 0 saturated heterocycles. The minimum Gasteiger partial charge on any atom is -0.463 e. The van der Waals surface area contributed by atoms with Gasteiger partial charge in [-0.05, 0) is 36.2 Å². The number of aromatic nitrogens is 5. The number of alkyl halides is 3. The highest BCUT2D eigenvalue weighted by Gasteiger charge is 2.36. The summed E-state index contributed by atoms with van der Waals surface area (Å²) in [4.78, 5) is 17.1. The lowest BCUT2D eigenvalue weighted by Gasteiger charge is -2.10. The largest absolute Gasteiger partial charge is 0.463 e. The number of nitrogens with zero attached hydrogens (tertiary/aromatic N) is 5. The Morgan fingerprint density at radius 2 is 1.97 bits per heavy atom. The van der Waals surface area contributed by atoms with Crippen LogP contribution in [0.4, 0.5) is 19.0 Å². The first-order valence-electron chi connectivity index (χ1n) is 10.2. The molecule has 0 bridgehead atoms. The molecule has 0 atom stereocenters. The van der Waals surface area contributed by atoms with E-state index in [9.17, 15) is 18.0 Å². The van der Waals surface area contributed by atoms with Crippen LogP contribution < -0.4 is 5.32 Å². The SMILES string of the molecule is Cc1ccccc1Cn1ccc(NC(=O)c2cnn3c(C(F)(F)F)cc(-c4ccco4)nc23)n1. The zero-order valence-corrected chi connectivity index (χ0v) is 17.7. The van der Waals surface area contributed by atoms with Crippen LogP contribution in [0.5, 0.6) is 0 Å². The summed E-state index contributed by atoms with van der Waals surface area (Å²) in [6.07, 6.45) is -0.654. The summed E-state index contributed by atoms with van der Waals surface area (Å²) in [7, 11) is 0. The normalized spacial score (nSPS) is 11.8. The highest BCUT2D eigenvalue weighted by atomic mass is 19.4. The molecule has 0 saturated carbocycles. The van der Waals surface area contributed by atoms with Crippen LogP contribution in [-0.2, 0) is 12.7 Å². The first-order chi connectivity index (χ1) is 16.3. The number of carbonyl (C=O) groups is 1. The molecule has 1 N–H and O–H groups in total. The van der Waals surface area contributed by atoms with Gasteiger partial charge in [-0.2, -0.15) is 23.4 Å². The van der Waals surface area contributed by atoms with Gasteiger partial charge in [0.1, 0.15) is 11.3 Å². The van der Waals surface area contributed by atoms with Crippen LogP contribution in [0.25, 0.3) is 17.1 Å². The Kier molecular flexibility index (Phi) is 5.16. The van der Waals surface area contributed by atoms with Crippen LogP contribution >= 0.6 is 0 Å². The summed E-state index contributed by atoms with van der Waals surface area (Å²) in [5.41, 5.74) is 0.645. The van der Waals surface area contributed by atoms with Gasteiger partial charge in [-0.25, -0.2) is 9.50 Å². The van der Waals surface area contributed by atoms with E-state index in [0.717, 1.165) is 23.4 Å². The number of hydrogen-bond acceptors (Lipinski definition) is 5. The maximum atomic E-state index is 13.7. The molecule has 0 aliphatic carbocycles. The van der Waals surface area contributed by atoms with Gasteiger partial charge in [-0.3, -0.25) is 9.48 Å². The van der Waals surface area contributed by atoms with Gasteiger partial charge < -0.3 is 9.73 Å². The lowest BCUT2D eigenvalue weighted by molar-refractivity contribution is -0.142. The Balaban J connectivity index is 1.46. The van der Waals surface area contributed by atoms with Crippen molar-refractivity contribution in [1.82, 2.24) is 24.4 Å². The maximum absolute atomic E-state index is 13.7. The molecular formula is C23H17F3N6O2. The molecule has 0 unspecified atom stereocenters. The molecule has 1 amide bonds. The van der Waals surface area contributed by atoms with Crippen molar-refractivity contribution < 1.29 is 22.4 Å². The fraction of sp³-hybridized carbons (Fsp3) is 0.130. The van der Waals surface area contributed by atoms with E-state index in [0.29, 0.717) is 11.1 Å². The molecule has 4 heterocycles. The molecule has 11 heteroatoms. The Hall–Kier alpha value is -4.41. The molecular weight excluding hydrogens is 449 g/mol. The number of rotatable bonds is 5. The Bertz CT molecular complexity index is 1480. The van der Waals surface area contributed by atoms with Gasteiger partial charge in [0.15, 0.2) is 22.9 Å². The fourth-order valence-electron chi connectivity index (χ4n) is 3.54. The first kappa shape index (κ1) is 21.4. The van der Waals surface area contributed by atoms with Crippen molar-refractivity contribution >= 4 is 17.4 Å². The van der Waals surface area contributed by atoms with Gasteiger partial charge >= 0.3 is 6.18 Å². The van der Waals surface area contributed by atoms with Crippen LogP contribution in [0, 0.1) is 6.92 Å². The number of anilines is 1. The fourth-order valence-corrected chi connectivity index (χ4v) is 3.54. The van der Waals surface area contributed by atoms with Gasteiger partial charge in [-0.15, -0.1) is 0 Å². The summed E-state index contributed by atoms with van der Waals surface area (Å²) in [5.74, 6) is -0.306. The third kappa shape index (κ3) is 4.03. The lowest BCUT2D eigenvalue weighted by Crippen LogP contribution is -2.16. The quantitative estimate of drug-likeness (QED) is 0.401. The predicted octanol–water partition coefficient (Wildman–Crippen LogP) is 4.81. The number of halogens is 3. The number of fused-ring (bicyclic) bond motifs is 1. The van der Waals surface area contributed by atoms with E-state index >= 15 is 0 Å². The molecule has 0 aliphatic heterocycles. The maximum Gasteiger partial charge on any atom is 0.433 e. The van der Waals surface area contributed by atoms with Gasteiger partial charge in [0, 0.05) is 12.3 Å². The minimum absolute atomic E-state index is 0.0677. The van der Waals surface area contributed by atoms with Crippen LogP contribution in [-0.4, -0.2) is 30.3 Å². The Labute approximate surface area is 190 Å². The second-order valence-electron chi connectivity index (χ2n) is 7.57. The Morgan fingerprint density at radius 1 is 1.15 bits per heavy atom. The van der Waals surface area contributed by atoms with Crippen LogP contribution in [0.15, 0.2) is 71.6 Å². The summed E-state index contributed by atoms with van der Waals surface area (Å²) in [5, 5.41) is 10.7. The lowest BCUT2D eigenvalue weighted by atomic mass is 10.1. The van der Waals surface area contributed by atoms with Gasteiger partial charge in [0.05, 0.1) is 19.0 Å². The van der Waals surface area contributed by atoms with Gasteiger partial charge in [-0.1, -0.05) is 24.3 Å². The number of hydrogen-bond donors (Lipinski definition) is 1. The number of furan rings is 1. The van der Waals surface area contributed by atoms with Crippen LogP contribution in [0.2, 0.25) is 0 Å². The van der Waals surface area contributed by atoms with Crippen molar-refractivity contribution in [1.29, 1.82) is 0 Å². The van der Waals surface area contributed by atoms with Crippen molar-refractivity contribution in [2.24, 2.45) is 0 Å². The number of aryl methyl sites for hydroxylation is 1. The molecule has 8 nitrogen and oxygen atoms in total. The third-order valence-corrected chi connectivity index (χ3v) is 5.26. The summed E-state index contributed by atoms with van der Waals surface area (Å²) >= 11 is 0. The van der Waals surface area contributed by atoms with Crippen LogP contribution in [0.1, 0.15) is 27.2 Å². The average molecular weight is 466 g/mol. The third-order valence-electron chi connectivity index (χ3n) is 5.26. The standard InChI is InChI=1S/C23H17F3N6O2/c1-14-5-2-3-6-15(14)13-31-9-8-20(30-31)29-22(33)16-12-27-32-19(23(24,25)26)11-17(28-21(16)32)18-7-4-10-34-18/h2-12H,13H2,1H3,(H,29,30,33). The molecule has 5 aromatic rings. The van der Waals surface area contributed by atoms with Gasteiger partial charge in [0.2, 0.25) is 0 Å². The van der Waals surface area contributed by atoms with E-state index in [4.69, 9.17) is 4.42 Å². The second-order valence-corrected chi connectivity index (χ2v) is 7.57. The van der Waals surface area contributed by atoms with Crippen LogP contribution in [0.3, 0.4) is 0 Å². The molecule has 5 rings (SSSR count). The summed E-state index contributed by atoms with van der Waals surface area (Å²) < 4.78 is 48.5. The number of carbonyl (C=O) groups excluding carboxylic acids is 1. The molecule has 34 heavy (non-hydrogen) atoms. The van der Waals surface area contributed by atoms with Crippen molar-refractivity contribution in [3.8, 4) is 11.5 Å². The van der Waals surface area contributed by atoms with Crippen molar-refractivity contribution in [2.45, 2.75) is 19.6 Å². The first-order valence-corrected chi connectivity index (χ1v) is 10.2. The average Bonchev–Trinajstić information content (AvgIpc) is 3.55. The molecule has 0 fully saturated rings. The zero-order chi connectivity index (χ0) is 23.9. The van der Waals surface area contributed by atoms with E-state index < -0.39 is 17.8 Å². The molecule has 4 aromatic heterocycles. The van der Waals surface area contributed by atoms with E-state index in [2.05, 4.69) is 20.5 Å². The topological polar surface area (TPSA) is 90.2 Å². The number of nitrogens with one attached hydrogen (secondary N) is 1. The van der Waals surface area contributed by atoms with Crippen molar-refractivity contribution in [3.05, 3.63) is 89.6 Å². The zero-order valence-electron chi connectivity index (χ0n) is 17.7. The van der Waals surface area contributed by atoms with Crippen molar-refractivity contribution in [2.75, 3.05) is 5.32 Å². The van der Waals surface area contributed by atoms with E-state index in [1.54, 1.807) is 16.9 Å². The van der Waals surface area contributed by atoms with E-state index in [1.807, 2.05) is 31.2 Å². The highest BCUT2D eigenvalue weighted by Crippen LogP contribution is 2.33. The number of benzene rings is 1. The van der Waals surface area contributed by atoms with E-state index in [-0.39, 0.29) is 28.5 Å². The molecule has 0 spiro atoms. The number of amides is 1. The molecule has 0 aliphatic rings. The molecule has 172 valence electrons. The van der Waals surface area contributed by atoms with Crippen molar-refractivity contribution in [3.63, 3.8) is 0 Å². The highest BCUT2D eigenvalue weighted by molar-refractivity contribution is 6.07. The monoisotopic (exact) mass is 466 g/mol. The van der Waals surface area contributed by atoms with E-state index in [1.165, 1.54) is 18.4 Å². The summed E-state index contributed by atoms with van der Waals surface area (Å²) in [6, 6.07) is 13.3.